The Hall–Kier alpha value is -5.54. The molecular formula is C42H35N2O+. The first-order valence-electron chi connectivity index (χ1n) is 15.4. The number of nitrogens with zero attached hydrogens (tertiary/aromatic N) is 2. The van der Waals surface area contributed by atoms with E-state index in [0.29, 0.717) is 5.56 Å². The van der Waals surface area contributed by atoms with E-state index < -0.39 is 0 Å². The molecule has 6 aromatic rings. The quantitative estimate of drug-likeness (QED) is 0.180. The maximum absolute atomic E-state index is 13.3. The lowest BCUT2D eigenvalue weighted by molar-refractivity contribution is -0.572. The van der Waals surface area contributed by atoms with Gasteiger partial charge in [0.2, 0.25) is 22.8 Å². The van der Waals surface area contributed by atoms with Gasteiger partial charge in [0, 0.05) is 53.1 Å². The van der Waals surface area contributed by atoms with Crippen LogP contribution in [0.3, 0.4) is 0 Å². The van der Waals surface area contributed by atoms with Gasteiger partial charge < -0.3 is 5.11 Å². The van der Waals surface area contributed by atoms with Gasteiger partial charge >= 0.3 is 0 Å². The zero-order valence-corrected chi connectivity index (χ0v) is 25.8. The topological polar surface area (TPSA) is 29.9 Å². The van der Waals surface area contributed by atoms with Crippen LogP contribution >= 0.6 is 0 Å². The minimum atomic E-state index is -0.175. The molecule has 0 saturated heterocycles. The first kappa shape index (κ1) is 28.2. The largest absolute Gasteiger partial charge is 0.872 e. The van der Waals surface area contributed by atoms with Gasteiger partial charge in [-0.25, -0.2) is 0 Å². The fraction of sp³-hybridized carbons (Fsp3) is 0.0952. The first-order chi connectivity index (χ1) is 21.9. The van der Waals surface area contributed by atoms with E-state index in [0.717, 1.165) is 45.0 Å². The Morgan fingerprint density at radius 3 is 1.67 bits per heavy atom. The van der Waals surface area contributed by atoms with Crippen molar-refractivity contribution in [1.82, 2.24) is 0 Å². The number of hydrogen-bond donors (Lipinski definition) is 0. The summed E-state index contributed by atoms with van der Waals surface area (Å²) in [7, 11) is 2.10. The molecule has 3 nitrogen and oxygen atoms in total. The van der Waals surface area contributed by atoms with Crippen LogP contribution in [-0.4, -0.2) is 17.3 Å². The van der Waals surface area contributed by atoms with E-state index >= 15 is 0 Å². The van der Waals surface area contributed by atoms with Crippen molar-refractivity contribution in [1.29, 1.82) is 0 Å². The average Bonchev–Trinajstić information content (AvgIpc) is 3.28. The molecule has 0 atom stereocenters. The van der Waals surface area contributed by atoms with Gasteiger partial charge in [0.25, 0.3) is 0 Å². The molecule has 0 amide bonds. The van der Waals surface area contributed by atoms with Crippen LogP contribution in [0.15, 0.2) is 152 Å². The highest BCUT2D eigenvalue weighted by molar-refractivity contribution is 6.05. The summed E-state index contributed by atoms with van der Waals surface area (Å²) in [6.07, 6.45) is 4.09. The van der Waals surface area contributed by atoms with E-state index in [1.807, 2.05) is 36.4 Å². The summed E-state index contributed by atoms with van der Waals surface area (Å²) in [5.41, 5.74) is 11.6. The fourth-order valence-corrected chi connectivity index (χ4v) is 6.59. The van der Waals surface area contributed by atoms with Gasteiger partial charge in [-0.2, -0.15) is 9.14 Å². The van der Waals surface area contributed by atoms with E-state index in [9.17, 15) is 5.11 Å². The standard InChI is InChI=1S/C42H35N2O/c1-42(2)36-21-13-14-22-37(36)43(3)41(42)26-23-33-27-35(24-25-40(33)45)44-38(31-17-9-5-10-18-31)28-34(30-15-7-4-8-16-30)29-39(44)32-19-11-6-12-20-32/h4-29H,1-3H3/q+1. The summed E-state index contributed by atoms with van der Waals surface area (Å²) in [6.45, 7) is 4.48. The molecule has 0 fully saturated rings. The summed E-state index contributed by atoms with van der Waals surface area (Å²) in [5.74, 6) is -0.00408. The lowest BCUT2D eigenvalue weighted by atomic mass is 9.81. The van der Waals surface area contributed by atoms with Crippen LogP contribution in [0.1, 0.15) is 25.0 Å². The van der Waals surface area contributed by atoms with Gasteiger partial charge in [0.15, 0.2) is 5.71 Å². The first-order valence-corrected chi connectivity index (χ1v) is 15.4. The Bertz CT molecular complexity index is 2010. The predicted molar refractivity (Wildman–Crippen MR) is 183 cm³/mol. The molecule has 1 aliphatic rings. The minimum Gasteiger partial charge on any atom is -0.872 e. The van der Waals surface area contributed by atoms with E-state index in [4.69, 9.17) is 0 Å². The highest BCUT2D eigenvalue weighted by atomic mass is 16.3. The molecule has 0 bridgehead atoms. The molecule has 3 heteroatoms. The normalized spacial score (nSPS) is 13.8. The third-order valence-corrected chi connectivity index (χ3v) is 8.93. The molecule has 1 aliphatic heterocycles. The van der Waals surface area contributed by atoms with Crippen LogP contribution in [0.2, 0.25) is 0 Å². The fourth-order valence-electron chi connectivity index (χ4n) is 6.59. The molecule has 0 radical (unpaired) electrons. The third kappa shape index (κ3) is 5.17. The van der Waals surface area contributed by atoms with Gasteiger partial charge in [-0.05, 0) is 60.9 Å². The van der Waals surface area contributed by atoms with Gasteiger partial charge in [-0.1, -0.05) is 91.0 Å². The molecule has 45 heavy (non-hydrogen) atoms. The molecule has 0 spiro atoms. The lowest BCUT2D eigenvalue weighted by Crippen LogP contribution is -2.36. The summed E-state index contributed by atoms with van der Waals surface area (Å²) < 4.78 is 4.51. The van der Waals surface area contributed by atoms with Crippen molar-refractivity contribution in [3.63, 3.8) is 0 Å². The van der Waals surface area contributed by atoms with Gasteiger partial charge in [0.1, 0.15) is 7.05 Å². The third-order valence-electron chi connectivity index (χ3n) is 8.93. The van der Waals surface area contributed by atoms with Crippen molar-refractivity contribution < 1.29 is 14.2 Å². The molecule has 218 valence electrons. The molecule has 0 saturated carbocycles. The maximum Gasteiger partial charge on any atom is 0.219 e. The van der Waals surface area contributed by atoms with Crippen LogP contribution < -0.4 is 9.67 Å². The number of fused-ring (bicyclic) bond motifs is 1. The van der Waals surface area contributed by atoms with E-state index in [1.54, 1.807) is 6.07 Å². The second-order valence-corrected chi connectivity index (χ2v) is 12.1. The Balaban J connectivity index is 1.42. The second-order valence-electron chi connectivity index (χ2n) is 12.1. The second kappa shape index (κ2) is 11.5. The van der Waals surface area contributed by atoms with Crippen molar-refractivity contribution >= 4 is 17.5 Å². The predicted octanol–water partition coefficient (Wildman–Crippen LogP) is 8.76. The van der Waals surface area contributed by atoms with E-state index in [-0.39, 0.29) is 11.2 Å². The Morgan fingerprint density at radius 2 is 1.09 bits per heavy atom. The molecule has 0 N–H and O–H groups in total. The van der Waals surface area contributed by atoms with Crippen LogP contribution in [0, 0.1) is 0 Å². The highest BCUT2D eigenvalue weighted by Crippen LogP contribution is 2.39. The van der Waals surface area contributed by atoms with E-state index in [1.165, 1.54) is 11.3 Å². The molecule has 0 aliphatic carbocycles. The smallest absolute Gasteiger partial charge is 0.219 e. The zero-order chi connectivity index (χ0) is 31.0. The summed E-state index contributed by atoms with van der Waals surface area (Å²) in [5, 5.41) is 13.3. The van der Waals surface area contributed by atoms with Crippen molar-refractivity contribution in [2.45, 2.75) is 19.3 Å². The number of pyridine rings is 1. The summed E-state index contributed by atoms with van der Waals surface area (Å²) in [6, 6.07) is 50.1. The van der Waals surface area contributed by atoms with Crippen LogP contribution in [0.5, 0.6) is 5.75 Å². The molecule has 1 aromatic heterocycles. The number of hydrogen-bond acceptors (Lipinski definition) is 1. The molecule has 0 unspecified atom stereocenters. The Labute approximate surface area is 265 Å². The number of aromatic nitrogens is 1. The zero-order valence-electron chi connectivity index (χ0n) is 25.8. The monoisotopic (exact) mass is 583 g/mol. The Kier molecular flexibility index (Phi) is 7.23. The number of allylic oxidation sites excluding steroid dienone is 1. The van der Waals surface area contributed by atoms with Gasteiger partial charge in [-0.15, -0.1) is 5.75 Å². The van der Waals surface area contributed by atoms with Crippen LogP contribution in [0.4, 0.5) is 5.69 Å². The maximum atomic E-state index is 13.3. The molecule has 5 aromatic carbocycles. The van der Waals surface area contributed by atoms with Crippen molar-refractivity contribution in [3.8, 4) is 45.1 Å². The van der Waals surface area contributed by atoms with Crippen molar-refractivity contribution in [2.24, 2.45) is 0 Å². The lowest BCUT2D eigenvalue weighted by Gasteiger charge is -2.16. The van der Waals surface area contributed by atoms with Crippen LogP contribution in [-0.2, 0) is 5.41 Å². The SMILES string of the molecule is C[N+]1=C(/C=C\c2cc(-[n+]3c(-c4ccccc4)cc(-c4ccccc4)cc3-c3ccccc3)ccc2[O-])C(C)(C)c2ccccc21. The van der Waals surface area contributed by atoms with Gasteiger partial charge in [-0.3, -0.25) is 0 Å². The molecule has 2 heterocycles. The summed E-state index contributed by atoms with van der Waals surface area (Å²) in [4.78, 5) is 0. The van der Waals surface area contributed by atoms with E-state index in [2.05, 4.69) is 145 Å². The molecule has 7 rings (SSSR count). The Morgan fingerprint density at radius 1 is 0.556 bits per heavy atom. The average molecular weight is 584 g/mol. The molecular weight excluding hydrogens is 548 g/mol. The van der Waals surface area contributed by atoms with Crippen LogP contribution in [0.25, 0.3) is 45.4 Å². The number of benzene rings is 5. The summed E-state index contributed by atoms with van der Waals surface area (Å²) >= 11 is 0. The minimum absolute atomic E-state index is 0.00408. The number of rotatable bonds is 6. The highest BCUT2D eigenvalue weighted by Gasteiger charge is 2.42. The number of para-hydroxylation sites is 1. The van der Waals surface area contributed by atoms with Crippen molar-refractivity contribution in [2.75, 3.05) is 7.05 Å². The van der Waals surface area contributed by atoms with Crippen molar-refractivity contribution in [3.05, 3.63) is 163 Å². The van der Waals surface area contributed by atoms with Gasteiger partial charge in [0.05, 0.1) is 5.41 Å².